The first-order valence-electron chi connectivity index (χ1n) is 4.73. The summed E-state index contributed by atoms with van der Waals surface area (Å²) in [5, 5.41) is 2.62. The first-order valence-corrected chi connectivity index (χ1v) is 4.73. The summed E-state index contributed by atoms with van der Waals surface area (Å²) >= 11 is 0. The normalized spacial score (nSPS) is 13.1. The van der Waals surface area contributed by atoms with E-state index in [0.29, 0.717) is 12.8 Å². The highest BCUT2D eigenvalue weighted by molar-refractivity contribution is 5.14. The van der Waals surface area contributed by atoms with Crippen molar-refractivity contribution in [3.05, 3.63) is 35.9 Å². The Morgan fingerprint density at radius 1 is 1.21 bits per heavy atom. The predicted octanol–water partition coefficient (Wildman–Crippen LogP) is 2.47. The highest BCUT2D eigenvalue weighted by Gasteiger charge is 2.17. The molecule has 14 heavy (non-hydrogen) atoms. The Labute approximate surface area is 83.1 Å². The van der Waals surface area contributed by atoms with Gasteiger partial charge >= 0.3 is 0 Å². The Kier molecular flexibility index (Phi) is 4.53. The molecule has 1 rings (SSSR count). The van der Waals surface area contributed by atoms with Crippen LogP contribution in [0, 0.1) is 0 Å². The maximum absolute atomic E-state index is 12.3. The fourth-order valence-electron chi connectivity index (χ4n) is 1.36. The van der Waals surface area contributed by atoms with E-state index in [9.17, 15) is 8.78 Å². The number of nitrogens with one attached hydrogen (secondary N) is 1. The molecule has 1 nitrogen and oxygen atoms in total. The SMILES string of the molecule is CN[C@H](CCc1ccccc1)C(F)F. The fraction of sp³-hybridized carbons (Fsp3) is 0.455. The quantitative estimate of drug-likeness (QED) is 0.768. The van der Waals surface area contributed by atoms with Crippen molar-refractivity contribution in [3.63, 3.8) is 0 Å². The summed E-state index contributed by atoms with van der Waals surface area (Å²) in [5.74, 6) is 0. The third kappa shape index (κ3) is 3.42. The molecule has 3 heteroatoms. The summed E-state index contributed by atoms with van der Waals surface area (Å²) in [6.45, 7) is 0. The Hall–Kier alpha value is -0.960. The molecule has 1 aromatic rings. The Morgan fingerprint density at radius 3 is 2.36 bits per heavy atom. The number of aryl methyl sites for hydroxylation is 1. The maximum atomic E-state index is 12.3. The number of halogens is 2. The van der Waals surface area contributed by atoms with Crippen molar-refractivity contribution < 1.29 is 8.78 Å². The second kappa shape index (κ2) is 5.70. The van der Waals surface area contributed by atoms with Crippen LogP contribution in [0.5, 0.6) is 0 Å². The van der Waals surface area contributed by atoms with Crippen LogP contribution < -0.4 is 5.32 Å². The van der Waals surface area contributed by atoms with E-state index in [1.807, 2.05) is 30.3 Å². The molecule has 0 saturated heterocycles. The van der Waals surface area contributed by atoms with Gasteiger partial charge in [0.2, 0.25) is 0 Å². The summed E-state index contributed by atoms with van der Waals surface area (Å²) in [7, 11) is 1.57. The van der Waals surface area contributed by atoms with Crippen molar-refractivity contribution in [2.75, 3.05) is 7.05 Å². The zero-order valence-electron chi connectivity index (χ0n) is 8.21. The molecule has 78 valence electrons. The van der Waals surface area contributed by atoms with E-state index in [4.69, 9.17) is 0 Å². The molecule has 0 bridgehead atoms. The van der Waals surface area contributed by atoms with Gasteiger partial charge in [-0.1, -0.05) is 30.3 Å². The highest BCUT2D eigenvalue weighted by atomic mass is 19.3. The zero-order chi connectivity index (χ0) is 10.4. The molecule has 0 aliphatic heterocycles. The summed E-state index contributed by atoms with van der Waals surface area (Å²) in [6, 6.07) is 8.98. The lowest BCUT2D eigenvalue weighted by Crippen LogP contribution is -2.32. The third-order valence-corrected chi connectivity index (χ3v) is 2.26. The van der Waals surface area contributed by atoms with Crippen molar-refractivity contribution in [1.82, 2.24) is 5.32 Å². The zero-order valence-corrected chi connectivity index (χ0v) is 8.21. The smallest absolute Gasteiger partial charge is 0.253 e. The first kappa shape index (κ1) is 11.1. The largest absolute Gasteiger partial charge is 0.312 e. The summed E-state index contributed by atoms with van der Waals surface area (Å²) in [5.41, 5.74) is 1.11. The van der Waals surface area contributed by atoms with Gasteiger partial charge in [-0.15, -0.1) is 0 Å². The predicted molar refractivity (Wildman–Crippen MR) is 53.6 cm³/mol. The average molecular weight is 199 g/mol. The average Bonchev–Trinajstić information content (AvgIpc) is 2.20. The molecule has 0 fully saturated rings. The van der Waals surface area contributed by atoms with Crippen LogP contribution in [0.15, 0.2) is 30.3 Å². The molecule has 1 aromatic carbocycles. The lowest BCUT2D eigenvalue weighted by Gasteiger charge is -2.14. The Morgan fingerprint density at radius 2 is 1.86 bits per heavy atom. The lowest BCUT2D eigenvalue weighted by molar-refractivity contribution is 0.0981. The molecule has 0 heterocycles. The second-order valence-corrected chi connectivity index (χ2v) is 3.25. The summed E-state index contributed by atoms with van der Waals surface area (Å²) in [6.07, 6.45) is -1.13. The molecule has 0 aliphatic carbocycles. The van der Waals surface area contributed by atoms with Gasteiger partial charge in [0.05, 0.1) is 6.04 Å². The van der Waals surface area contributed by atoms with Crippen LogP contribution in [0.1, 0.15) is 12.0 Å². The third-order valence-electron chi connectivity index (χ3n) is 2.26. The molecule has 0 aromatic heterocycles. The summed E-state index contributed by atoms with van der Waals surface area (Å²) < 4.78 is 24.7. The molecule has 1 atom stereocenters. The minimum Gasteiger partial charge on any atom is -0.312 e. The first-order chi connectivity index (χ1) is 6.74. The van der Waals surface area contributed by atoms with Crippen LogP contribution in [0.25, 0.3) is 0 Å². The number of alkyl halides is 2. The van der Waals surface area contributed by atoms with Crippen LogP contribution in [-0.4, -0.2) is 19.5 Å². The number of rotatable bonds is 5. The van der Waals surface area contributed by atoms with Gasteiger partial charge in [0.1, 0.15) is 0 Å². The maximum Gasteiger partial charge on any atom is 0.253 e. The Bertz CT molecular complexity index is 249. The molecule has 0 unspecified atom stereocenters. The number of benzene rings is 1. The van der Waals surface area contributed by atoms with E-state index < -0.39 is 12.5 Å². The van der Waals surface area contributed by atoms with Crippen molar-refractivity contribution in [3.8, 4) is 0 Å². The van der Waals surface area contributed by atoms with Crippen molar-refractivity contribution in [1.29, 1.82) is 0 Å². The molecule has 0 aliphatic rings. The van der Waals surface area contributed by atoms with E-state index in [1.165, 1.54) is 0 Å². The lowest BCUT2D eigenvalue weighted by atomic mass is 10.1. The Balaban J connectivity index is 2.40. The molecular formula is C11H15F2N. The van der Waals surface area contributed by atoms with E-state index >= 15 is 0 Å². The van der Waals surface area contributed by atoms with Gasteiger partial charge < -0.3 is 5.32 Å². The van der Waals surface area contributed by atoms with Gasteiger partial charge in [0, 0.05) is 0 Å². The fourth-order valence-corrected chi connectivity index (χ4v) is 1.36. The minimum absolute atomic E-state index is 0.470. The van der Waals surface area contributed by atoms with E-state index in [1.54, 1.807) is 7.05 Å². The van der Waals surface area contributed by atoms with Crippen LogP contribution in [0.2, 0.25) is 0 Å². The van der Waals surface area contributed by atoms with Crippen LogP contribution in [-0.2, 0) is 6.42 Å². The van der Waals surface area contributed by atoms with E-state index in [-0.39, 0.29) is 0 Å². The van der Waals surface area contributed by atoms with Gasteiger partial charge in [-0.25, -0.2) is 8.78 Å². The topological polar surface area (TPSA) is 12.0 Å². The molecule has 1 N–H and O–H groups in total. The van der Waals surface area contributed by atoms with Crippen LogP contribution in [0.3, 0.4) is 0 Å². The minimum atomic E-state index is -2.29. The number of hydrogen-bond donors (Lipinski definition) is 1. The van der Waals surface area contributed by atoms with Crippen molar-refractivity contribution >= 4 is 0 Å². The van der Waals surface area contributed by atoms with Crippen LogP contribution >= 0.6 is 0 Å². The highest BCUT2D eigenvalue weighted by Crippen LogP contribution is 2.09. The number of hydrogen-bond acceptors (Lipinski definition) is 1. The van der Waals surface area contributed by atoms with Crippen LogP contribution in [0.4, 0.5) is 8.78 Å². The van der Waals surface area contributed by atoms with Gasteiger partial charge in [0.25, 0.3) is 6.43 Å². The van der Waals surface area contributed by atoms with Gasteiger partial charge in [0.15, 0.2) is 0 Å². The van der Waals surface area contributed by atoms with Gasteiger partial charge in [-0.3, -0.25) is 0 Å². The van der Waals surface area contributed by atoms with Crippen molar-refractivity contribution in [2.24, 2.45) is 0 Å². The molecule has 0 spiro atoms. The standard InChI is InChI=1S/C11H15F2N/c1-14-10(11(12)13)8-7-9-5-3-2-4-6-9/h2-6,10-11,14H,7-8H2,1H3/t10-/m1/s1. The van der Waals surface area contributed by atoms with Gasteiger partial charge in [-0.05, 0) is 25.5 Å². The molecule has 0 saturated carbocycles. The van der Waals surface area contributed by atoms with E-state index in [0.717, 1.165) is 5.56 Å². The van der Waals surface area contributed by atoms with E-state index in [2.05, 4.69) is 5.32 Å². The van der Waals surface area contributed by atoms with Crippen molar-refractivity contribution in [2.45, 2.75) is 25.3 Å². The molecule has 0 radical (unpaired) electrons. The van der Waals surface area contributed by atoms with Gasteiger partial charge in [-0.2, -0.15) is 0 Å². The second-order valence-electron chi connectivity index (χ2n) is 3.25. The monoisotopic (exact) mass is 199 g/mol. The molecule has 0 amide bonds. The summed E-state index contributed by atoms with van der Waals surface area (Å²) in [4.78, 5) is 0. The molecular weight excluding hydrogens is 184 g/mol.